The van der Waals surface area contributed by atoms with Crippen LogP contribution in [-0.2, 0) is 0 Å². The van der Waals surface area contributed by atoms with E-state index >= 15 is 0 Å². The Kier molecular flexibility index (Phi) is 5.01. The van der Waals surface area contributed by atoms with Crippen molar-refractivity contribution in [2.24, 2.45) is 0 Å². The van der Waals surface area contributed by atoms with Crippen molar-refractivity contribution in [2.75, 3.05) is 0 Å². The predicted molar refractivity (Wildman–Crippen MR) is 112 cm³/mol. The Hall–Kier alpha value is -2.95. The number of halogens is 1. The molecule has 5 heteroatoms. The summed E-state index contributed by atoms with van der Waals surface area (Å²) in [6.07, 6.45) is 4.58. The summed E-state index contributed by atoms with van der Waals surface area (Å²) in [6, 6.07) is 21.4. The van der Waals surface area contributed by atoms with Gasteiger partial charge in [0.2, 0.25) is 0 Å². The summed E-state index contributed by atoms with van der Waals surface area (Å²) < 4.78 is 4.71. The second kappa shape index (κ2) is 7.74. The molecule has 0 bridgehead atoms. The van der Waals surface area contributed by atoms with E-state index in [0.717, 1.165) is 39.1 Å². The number of aromatic nitrogens is 2. The van der Waals surface area contributed by atoms with E-state index in [4.69, 9.17) is 16.0 Å². The number of rotatable bonds is 4. The van der Waals surface area contributed by atoms with E-state index in [1.165, 1.54) is 11.5 Å². The van der Waals surface area contributed by atoms with Crippen LogP contribution in [0, 0.1) is 0 Å². The molecule has 0 atom stereocenters. The maximum Gasteiger partial charge on any atom is 0.0927 e. The third kappa shape index (κ3) is 3.50. The van der Waals surface area contributed by atoms with Gasteiger partial charge in [0.05, 0.1) is 16.8 Å². The standard InChI is InChI=1S/C22H15ClN2OS/c23-18-10-8-15(9-11-18)21-20(19(14-26)17-7-4-12-24-13-17)22(27-25-21)16-5-2-1-3-6-16/h1-14,26H/b19-14+. The number of benzene rings is 2. The van der Waals surface area contributed by atoms with Gasteiger partial charge in [-0.05, 0) is 35.3 Å². The maximum atomic E-state index is 10.1. The van der Waals surface area contributed by atoms with E-state index < -0.39 is 0 Å². The van der Waals surface area contributed by atoms with Gasteiger partial charge in [0, 0.05) is 39.7 Å². The second-order valence-electron chi connectivity index (χ2n) is 5.89. The predicted octanol–water partition coefficient (Wildman–Crippen LogP) is 6.47. The molecule has 1 N–H and O–H groups in total. The normalized spacial score (nSPS) is 11.5. The highest BCUT2D eigenvalue weighted by atomic mass is 35.5. The minimum atomic E-state index is 0.670. The van der Waals surface area contributed by atoms with Gasteiger partial charge in [-0.25, -0.2) is 0 Å². The topological polar surface area (TPSA) is 46.0 Å². The summed E-state index contributed by atoms with van der Waals surface area (Å²) in [5.41, 5.74) is 5.18. The van der Waals surface area contributed by atoms with E-state index in [2.05, 4.69) is 4.98 Å². The highest BCUT2D eigenvalue weighted by molar-refractivity contribution is 7.10. The summed E-state index contributed by atoms with van der Waals surface area (Å²) >= 11 is 7.46. The summed E-state index contributed by atoms with van der Waals surface area (Å²) in [4.78, 5) is 5.18. The van der Waals surface area contributed by atoms with Gasteiger partial charge in [0.15, 0.2) is 0 Å². The first kappa shape index (κ1) is 17.5. The maximum absolute atomic E-state index is 10.1. The van der Waals surface area contributed by atoms with Crippen molar-refractivity contribution in [3.63, 3.8) is 0 Å². The number of nitrogens with zero attached hydrogens (tertiary/aromatic N) is 2. The number of hydrogen-bond donors (Lipinski definition) is 1. The first-order chi connectivity index (χ1) is 13.3. The number of hydrogen-bond acceptors (Lipinski definition) is 4. The average Bonchev–Trinajstić information content (AvgIpc) is 3.15. The molecule has 0 amide bonds. The molecule has 4 aromatic rings. The molecule has 2 heterocycles. The Morgan fingerprint density at radius 2 is 1.70 bits per heavy atom. The van der Waals surface area contributed by atoms with Crippen molar-refractivity contribution in [1.29, 1.82) is 0 Å². The largest absolute Gasteiger partial charge is 0.515 e. The van der Waals surface area contributed by atoms with Gasteiger partial charge in [0.1, 0.15) is 0 Å². The molecule has 0 saturated carbocycles. The van der Waals surface area contributed by atoms with Gasteiger partial charge < -0.3 is 5.11 Å². The van der Waals surface area contributed by atoms with Gasteiger partial charge in [-0.2, -0.15) is 4.37 Å². The summed E-state index contributed by atoms with van der Waals surface area (Å²) in [5, 5.41) is 10.8. The van der Waals surface area contributed by atoms with Crippen LogP contribution in [0.3, 0.4) is 0 Å². The van der Waals surface area contributed by atoms with Crippen LogP contribution in [0.4, 0.5) is 0 Å². The van der Waals surface area contributed by atoms with Crippen LogP contribution in [0.5, 0.6) is 0 Å². The lowest BCUT2D eigenvalue weighted by Gasteiger charge is -2.10. The average molecular weight is 391 g/mol. The third-order valence-electron chi connectivity index (χ3n) is 4.22. The lowest BCUT2D eigenvalue weighted by Crippen LogP contribution is -1.93. The van der Waals surface area contributed by atoms with Crippen molar-refractivity contribution in [3.8, 4) is 21.7 Å². The Morgan fingerprint density at radius 1 is 0.926 bits per heavy atom. The molecule has 3 nitrogen and oxygen atoms in total. The van der Waals surface area contributed by atoms with Crippen LogP contribution in [0.15, 0.2) is 85.4 Å². The highest BCUT2D eigenvalue weighted by Crippen LogP contribution is 2.42. The second-order valence-corrected chi connectivity index (χ2v) is 7.10. The van der Waals surface area contributed by atoms with Crippen molar-refractivity contribution in [1.82, 2.24) is 9.36 Å². The lowest BCUT2D eigenvalue weighted by molar-refractivity contribution is 0.476. The highest BCUT2D eigenvalue weighted by Gasteiger charge is 2.21. The van der Waals surface area contributed by atoms with E-state index in [-0.39, 0.29) is 0 Å². The quantitative estimate of drug-likeness (QED) is 0.406. The Labute approximate surface area is 166 Å². The molecular weight excluding hydrogens is 376 g/mol. The zero-order valence-electron chi connectivity index (χ0n) is 14.2. The Morgan fingerprint density at radius 3 is 2.37 bits per heavy atom. The van der Waals surface area contributed by atoms with Crippen LogP contribution < -0.4 is 0 Å². The van der Waals surface area contributed by atoms with Crippen molar-refractivity contribution < 1.29 is 5.11 Å². The van der Waals surface area contributed by atoms with E-state index in [1.54, 1.807) is 12.4 Å². The van der Waals surface area contributed by atoms with Gasteiger partial charge in [0.25, 0.3) is 0 Å². The monoisotopic (exact) mass is 390 g/mol. The fraction of sp³-hybridized carbons (Fsp3) is 0. The molecule has 132 valence electrons. The van der Waals surface area contributed by atoms with Crippen molar-refractivity contribution >= 4 is 28.7 Å². The molecule has 0 spiro atoms. The van der Waals surface area contributed by atoms with E-state index in [1.807, 2.05) is 66.7 Å². The summed E-state index contributed by atoms with van der Waals surface area (Å²) in [7, 11) is 0. The fourth-order valence-electron chi connectivity index (χ4n) is 2.94. The molecule has 27 heavy (non-hydrogen) atoms. The Balaban J connectivity index is 1.96. The van der Waals surface area contributed by atoms with Crippen LogP contribution >= 0.6 is 23.1 Å². The van der Waals surface area contributed by atoms with Crippen LogP contribution in [0.25, 0.3) is 27.3 Å². The zero-order valence-corrected chi connectivity index (χ0v) is 15.8. The molecule has 2 aromatic heterocycles. The summed E-state index contributed by atoms with van der Waals surface area (Å²) in [6.45, 7) is 0. The zero-order chi connectivity index (χ0) is 18.6. The van der Waals surface area contributed by atoms with Gasteiger partial charge in [-0.1, -0.05) is 60.1 Å². The molecule has 0 radical (unpaired) electrons. The number of aliphatic hydroxyl groups excluding tert-OH is 1. The smallest absolute Gasteiger partial charge is 0.0927 e. The van der Waals surface area contributed by atoms with E-state index in [0.29, 0.717) is 10.6 Å². The van der Waals surface area contributed by atoms with Gasteiger partial charge in [-0.3, -0.25) is 4.98 Å². The molecule has 2 aromatic carbocycles. The van der Waals surface area contributed by atoms with Crippen molar-refractivity contribution in [2.45, 2.75) is 0 Å². The molecule has 0 aliphatic heterocycles. The van der Waals surface area contributed by atoms with Crippen LogP contribution in [0.2, 0.25) is 5.02 Å². The SMILES string of the molecule is O/C=C(\c1cccnc1)c1c(-c2ccc(Cl)cc2)nsc1-c1ccccc1. The molecule has 0 aliphatic carbocycles. The summed E-state index contributed by atoms with van der Waals surface area (Å²) in [5.74, 6) is 0. The molecular formula is C22H15ClN2OS. The molecule has 0 aliphatic rings. The number of aliphatic hydroxyl groups is 1. The van der Waals surface area contributed by atoms with E-state index in [9.17, 15) is 5.11 Å². The fourth-order valence-corrected chi connectivity index (χ4v) is 3.98. The van der Waals surface area contributed by atoms with Crippen LogP contribution in [0.1, 0.15) is 11.1 Å². The first-order valence-electron chi connectivity index (χ1n) is 8.34. The minimum absolute atomic E-state index is 0.670. The van der Waals surface area contributed by atoms with Crippen LogP contribution in [-0.4, -0.2) is 14.5 Å². The van der Waals surface area contributed by atoms with Crippen molar-refractivity contribution in [3.05, 3.63) is 102 Å². The molecule has 4 rings (SSSR count). The first-order valence-corrected chi connectivity index (χ1v) is 9.49. The minimum Gasteiger partial charge on any atom is -0.515 e. The number of pyridine rings is 1. The van der Waals surface area contributed by atoms with Gasteiger partial charge >= 0.3 is 0 Å². The van der Waals surface area contributed by atoms with Gasteiger partial charge in [-0.15, -0.1) is 0 Å². The molecule has 0 saturated heterocycles. The Bertz CT molecular complexity index is 1070. The molecule has 0 fully saturated rings. The lowest BCUT2D eigenvalue weighted by atomic mass is 9.94. The molecule has 0 unspecified atom stereocenters. The third-order valence-corrected chi connectivity index (χ3v) is 5.36.